The lowest BCUT2D eigenvalue weighted by molar-refractivity contribution is 0.0941. The van der Waals surface area contributed by atoms with Gasteiger partial charge in [0.1, 0.15) is 5.69 Å². The summed E-state index contributed by atoms with van der Waals surface area (Å²) in [4.78, 5) is 27.8. The molecule has 1 aliphatic rings. The Morgan fingerprint density at radius 2 is 1.89 bits per heavy atom. The molecule has 3 N–H and O–H groups in total. The van der Waals surface area contributed by atoms with Gasteiger partial charge in [-0.1, -0.05) is 0 Å². The molecule has 1 aromatic heterocycles. The molecule has 0 radical (unpaired) electrons. The Morgan fingerprint density at radius 1 is 1.07 bits per heavy atom. The van der Waals surface area contributed by atoms with Crippen molar-refractivity contribution >= 4 is 28.4 Å². The standard InChI is InChI=1S/C20H19N3O4/c1-26-16-6-4-12(10-17(16)27-2)22-19(24)11-3-5-15-14(9-11)13-7-8-21-20(25)18(13)23-15/h3-6,9-10,23H,7-8H2,1-2H3,(H,21,25)(H,22,24). The van der Waals surface area contributed by atoms with Gasteiger partial charge in [-0.2, -0.15) is 0 Å². The Labute approximate surface area is 155 Å². The number of fused-ring (bicyclic) bond motifs is 3. The zero-order valence-corrected chi connectivity index (χ0v) is 15.0. The highest BCUT2D eigenvalue weighted by molar-refractivity contribution is 6.08. The Balaban J connectivity index is 1.64. The van der Waals surface area contributed by atoms with Crippen LogP contribution in [-0.4, -0.2) is 37.6 Å². The van der Waals surface area contributed by atoms with Crippen molar-refractivity contribution in [2.45, 2.75) is 6.42 Å². The summed E-state index contributed by atoms with van der Waals surface area (Å²) in [7, 11) is 3.10. The highest BCUT2D eigenvalue weighted by Crippen LogP contribution is 2.30. The number of carbonyl (C=O) groups excluding carboxylic acids is 2. The molecule has 0 aliphatic carbocycles. The van der Waals surface area contributed by atoms with E-state index >= 15 is 0 Å². The molecule has 0 unspecified atom stereocenters. The van der Waals surface area contributed by atoms with Crippen LogP contribution in [0.2, 0.25) is 0 Å². The predicted molar refractivity (Wildman–Crippen MR) is 102 cm³/mol. The number of anilines is 1. The first-order chi connectivity index (χ1) is 13.1. The second-order valence-corrected chi connectivity index (χ2v) is 6.27. The minimum absolute atomic E-state index is 0.108. The lowest BCUT2D eigenvalue weighted by atomic mass is 10.0. The molecule has 138 valence electrons. The number of amides is 2. The van der Waals surface area contributed by atoms with Gasteiger partial charge in [-0.3, -0.25) is 9.59 Å². The van der Waals surface area contributed by atoms with Gasteiger partial charge in [0.05, 0.1) is 14.2 Å². The molecule has 0 spiro atoms. The van der Waals surface area contributed by atoms with E-state index in [9.17, 15) is 9.59 Å². The molecule has 7 heteroatoms. The number of nitrogens with one attached hydrogen (secondary N) is 3. The van der Waals surface area contributed by atoms with Crippen LogP contribution in [0.5, 0.6) is 11.5 Å². The van der Waals surface area contributed by atoms with E-state index in [2.05, 4.69) is 15.6 Å². The van der Waals surface area contributed by atoms with E-state index in [1.165, 1.54) is 0 Å². The number of H-pyrrole nitrogens is 1. The van der Waals surface area contributed by atoms with E-state index in [-0.39, 0.29) is 11.8 Å². The van der Waals surface area contributed by atoms with Gasteiger partial charge in [0, 0.05) is 34.8 Å². The quantitative estimate of drug-likeness (QED) is 0.663. The fourth-order valence-electron chi connectivity index (χ4n) is 3.35. The van der Waals surface area contributed by atoms with Crippen LogP contribution in [0.25, 0.3) is 10.9 Å². The third kappa shape index (κ3) is 2.97. The van der Waals surface area contributed by atoms with Crippen molar-refractivity contribution in [3.05, 3.63) is 53.2 Å². The lowest BCUT2D eigenvalue weighted by Gasteiger charge is -2.12. The third-order valence-electron chi connectivity index (χ3n) is 4.70. The van der Waals surface area contributed by atoms with Crippen molar-refractivity contribution in [3.63, 3.8) is 0 Å². The lowest BCUT2D eigenvalue weighted by Crippen LogP contribution is -2.31. The molecule has 0 atom stereocenters. The van der Waals surface area contributed by atoms with Gasteiger partial charge in [-0.25, -0.2) is 0 Å². The summed E-state index contributed by atoms with van der Waals surface area (Å²) in [5.41, 5.74) is 3.50. The molecule has 0 bridgehead atoms. The minimum atomic E-state index is -0.237. The van der Waals surface area contributed by atoms with Crippen LogP contribution >= 0.6 is 0 Å². The molecular weight excluding hydrogens is 346 g/mol. The number of rotatable bonds is 4. The first kappa shape index (κ1) is 17.0. The van der Waals surface area contributed by atoms with Crippen LogP contribution in [-0.2, 0) is 6.42 Å². The highest BCUT2D eigenvalue weighted by Gasteiger charge is 2.22. The van der Waals surface area contributed by atoms with Gasteiger partial charge >= 0.3 is 0 Å². The molecule has 3 aromatic rings. The molecule has 2 aromatic carbocycles. The maximum Gasteiger partial charge on any atom is 0.268 e. The van der Waals surface area contributed by atoms with Crippen LogP contribution < -0.4 is 20.1 Å². The normalized spacial score (nSPS) is 13.0. The number of carbonyl (C=O) groups is 2. The maximum atomic E-state index is 12.7. The van der Waals surface area contributed by atoms with Gasteiger partial charge in [-0.05, 0) is 42.3 Å². The molecule has 7 nitrogen and oxygen atoms in total. The SMILES string of the molecule is COc1ccc(NC(=O)c2ccc3[nH]c4c(c3c2)CCNC4=O)cc1OC. The van der Waals surface area contributed by atoms with E-state index in [0.717, 1.165) is 22.9 Å². The summed E-state index contributed by atoms with van der Waals surface area (Å²) >= 11 is 0. The van der Waals surface area contributed by atoms with Crippen molar-refractivity contribution in [1.82, 2.24) is 10.3 Å². The summed E-state index contributed by atoms with van der Waals surface area (Å²) < 4.78 is 10.5. The van der Waals surface area contributed by atoms with Crippen LogP contribution in [0.1, 0.15) is 26.4 Å². The molecule has 0 saturated carbocycles. The van der Waals surface area contributed by atoms with Gasteiger partial charge in [0.25, 0.3) is 11.8 Å². The molecule has 0 fully saturated rings. The molecular formula is C20H19N3O4. The van der Waals surface area contributed by atoms with Crippen molar-refractivity contribution in [2.75, 3.05) is 26.1 Å². The number of methoxy groups -OCH3 is 2. The predicted octanol–water partition coefficient (Wildman–Crippen LogP) is 2.72. The second kappa shape index (κ2) is 6.68. The van der Waals surface area contributed by atoms with Gasteiger partial charge < -0.3 is 25.1 Å². The summed E-state index contributed by atoms with van der Waals surface area (Å²) in [5, 5.41) is 6.59. The summed E-state index contributed by atoms with van der Waals surface area (Å²) in [6.45, 7) is 0.598. The smallest absolute Gasteiger partial charge is 0.268 e. The monoisotopic (exact) mass is 365 g/mol. The fourth-order valence-corrected chi connectivity index (χ4v) is 3.35. The third-order valence-corrected chi connectivity index (χ3v) is 4.70. The van der Waals surface area contributed by atoms with Gasteiger partial charge in [0.2, 0.25) is 0 Å². The average molecular weight is 365 g/mol. The van der Waals surface area contributed by atoms with Crippen LogP contribution in [0, 0.1) is 0 Å². The first-order valence-electron chi connectivity index (χ1n) is 8.57. The number of aromatic amines is 1. The summed E-state index contributed by atoms with van der Waals surface area (Å²) in [5.74, 6) is 0.786. The maximum absolute atomic E-state index is 12.7. The minimum Gasteiger partial charge on any atom is -0.493 e. The highest BCUT2D eigenvalue weighted by atomic mass is 16.5. The molecule has 4 rings (SSSR count). The van der Waals surface area contributed by atoms with Crippen molar-refractivity contribution < 1.29 is 19.1 Å². The van der Waals surface area contributed by atoms with Crippen LogP contribution in [0.3, 0.4) is 0 Å². The van der Waals surface area contributed by atoms with E-state index < -0.39 is 0 Å². The molecule has 27 heavy (non-hydrogen) atoms. The van der Waals surface area contributed by atoms with E-state index in [4.69, 9.17) is 9.47 Å². The number of benzene rings is 2. The summed E-state index contributed by atoms with van der Waals surface area (Å²) in [6, 6.07) is 10.6. The largest absolute Gasteiger partial charge is 0.493 e. The van der Waals surface area contributed by atoms with E-state index in [1.54, 1.807) is 38.5 Å². The number of hydrogen-bond donors (Lipinski definition) is 3. The van der Waals surface area contributed by atoms with Crippen molar-refractivity contribution in [3.8, 4) is 11.5 Å². The topological polar surface area (TPSA) is 92.5 Å². The Bertz CT molecular complexity index is 1050. The fraction of sp³-hybridized carbons (Fsp3) is 0.200. The van der Waals surface area contributed by atoms with Gasteiger partial charge in [0.15, 0.2) is 11.5 Å². The van der Waals surface area contributed by atoms with Crippen molar-refractivity contribution in [1.29, 1.82) is 0 Å². The Kier molecular flexibility index (Phi) is 4.19. The van der Waals surface area contributed by atoms with Crippen LogP contribution in [0.4, 0.5) is 5.69 Å². The zero-order chi connectivity index (χ0) is 19.0. The molecule has 2 heterocycles. The summed E-state index contributed by atoms with van der Waals surface area (Å²) in [6.07, 6.45) is 0.738. The number of aromatic nitrogens is 1. The molecule has 1 aliphatic heterocycles. The average Bonchev–Trinajstić information content (AvgIpc) is 3.07. The van der Waals surface area contributed by atoms with Crippen molar-refractivity contribution in [2.24, 2.45) is 0 Å². The molecule has 2 amide bonds. The van der Waals surface area contributed by atoms with Gasteiger partial charge in [-0.15, -0.1) is 0 Å². The first-order valence-corrected chi connectivity index (χ1v) is 8.57. The Morgan fingerprint density at radius 3 is 2.67 bits per heavy atom. The number of ether oxygens (including phenoxy) is 2. The van der Waals surface area contributed by atoms with E-state index in [1.807, 2.05) is 12.1 Å². The number of hydrogen-bond acceptors (Lipinski definition) is 4. The Hall–Kier alpha value is -3.48. The second-order valence-electron chi connectivity index (χ2n) is 6.27. The van der Waals surface area contributed by atoms with Crippen LogP contribution in [0.15, 0.2) is 36.4 Å². The molecule has 0 saturated heterocycles. The zero-order valence-electron chi connectivity index (χ0n) is 15.0. The van der Waals surface area contributed by atoms with E-state index in [0.29, 0.717) is 35.0 Å².